The lowest BCUT2D eigenvalue weighted by Crippen LogP contribution is -1.99. The van der Waals surface area contributed by atoms with Crippen molar-refractivity contribution in [2.45, 2.75) is 0 Å². The molecular weight excluding hydrogens is 381 g/mol. The summed E-state index contributed by atoms with van der Waals surface area (Å²) in [6.45, 7) is 0.188. The molecule has 0 saturated carbocycles. The molecule has 0 unspecified atom stereocenters. The van der Waals surface area contributed by atoms with E-state index in [1.807, 2.05) is 13.1 Å². The van der Waals surface area contributed by atoms with Crippen molar-refractivity contribution in [1.82, 2.24) is 9.97 Å². The Kier molecular flexibility index (Phi) is 3.36. The highest BCUT2D eigenvalue weighted by Crippen LogP contribution is 2.41. The van der Waals surface area contributed by atoms with Crippen molar-refractivity contribution >= 4 is 40.0 Å². The zero-order valence-corrected chi connectivity index (χ0v) is 12.8. The molecule has 0 amide bonds. The summed E-state index contributed by atoms with van der Waals surface area (Å²) >= 11 is 8.33. The van der Waals surface area contributed by atoms with E-state index in [1.54, 1.807) is 12.3 Å². The van der Waals surface area contributed by atoms with E-state index in [2.05, 4.69) is 37.9 Å². The number of nitrogens with zero attached hydrogens (tertiary/aromatic N) is 2. The van der Waals surface area contributed by atoms with Crippen LogP contribution in [-0.2, 0) is 0 Å². The summed E-state index contributed by atoms with van der Waals surface area (Å²) in [7, 11) is 1.82. The first-order chi connectivity index (χ1) is 9.19. The number of rotatable bonds is 2. The largest absolute Gasteiger partial charge is 0.454 e. The lowest BCUT2D eigenvalue weighted by Gasteiger charge is -2.07. The molecular formula is C12H9ClIN3O2. The van der Waals surface area contributed by atoms with Crippen LogP contribution in [0.5, 0.6) is 11.5 Å². The summed E-state index contributed by atoms with van der Waals surface area (Å²) in [6.07, 6.45) is 1.76. The van der Waals surface area contributed by atoms with E-state index in [0.29, 0.717) is 22.3 Å². The number of anilines is 1. The van der Waals surface area contributed by atoms with Gasteiger partial charge in [0.05, 0.1) is 8.59 Å². The number of hydrogen-bond donors (Lipinski definition) is 1. The van der Waals surface area contributed by atoms with Crippen molar-refractivity contribution < 1.29 is 9.47 Å². The maximum atomic E-state index is 6.15. The molecule has 2 aromatic rings. The molecule has 0 aliphatic carbocycles. The molecule has 2 heterocycles. The van der Waals surface area contributed by atoms with Crippen LogP contribution in [0.15, 0.2) is 18.3 Å². The molecule has 0 fully saturated rings. The van der Waals surface area contributed by atoms with Crippen LogP contribution in [0, 0.1) is 3.57 Å². The van der Waals surface area contributed by atoms with Crippen LogP contribution in [0.25, 0.3) is 11.4 Å². The van der Waals surface area contributed by atoms with Gasteiger partial charge < -0.3 is 14.8 Å². The van der Waals surface area contributed by atoms with Gasteiger partial charge in [-0.2, -0.15) is 0 Å². The van der Waals surface area contributed by atoms with Crippen LogP contribution in [0.1, 0.15) is 0 Å². The van der Waals surface area contributed by atoms with E-state index >= 15 is 0 Å². The first-order valence-electron chi connectivity index (χ1n) is 5.49. The fourth-order valence-electron chi connectivity index (χ4n) is 1.78. The normalized spacial score (nSPS) is 12.6. The molecule has 0 spiro atoms. The second kappa shape index (κ2) is 5.01. The van der Waals surface area contributed by atoms with Crippen LogP contribution < -0.4 is 14.8 Å². The summed E-state index contributed by atoms with van der Waals surface area (Å²) in [5.41, 5.74) is 0.794. The lowest BCUT2D eigenvalue weighted by atomic mass is 10.2. The Morgan fingerprint density at radius 3 is 3.00 bits per heavy atom. The molecule has 1 aromatic carbocycles. The van der Waals surface area contributed by atoms with Gasteiger partial charge >= 0.3 is 0 Å². The third-order valence-corrected chi connectivity index (χ3v) is 3.74. The standard InChI is InChI=1S/C12H9ClIN3O2/c1-15-12-8(14)4-16-11(17-12)6-2-7(13)10-9(3-6)18-5-19-10/h2-4H,5H2,1H3,(H,15,16,17). The number of hydrogen-bond acceptors (Lipinski definition) is 5. The van der Waals surface area contributed by atoms with Gasteiger partial charge in [0.15, 0.2) is 17.3 Å². The van der Waals surface area contributed by atoms with Gasteiger partial charge in [0.1, 0.15) is 5.82 Å². The van der Waals surface area contributed by atoms with Gasteiger partial charge in [-0.05, 0) is 34.7 Å². The van der Waals surface area contributed by atoms with E-state index in [0.717, 1.165) is 15.0 Å². The van der Waals surface area contributed by atoms with Gasteiger partial charge in [-0.1, -0.05) is 11.6 Å². The summed E-state index contributed by atoms with van der Waals surface area (Å²) in [6, 6.07) is 3.60. The maximum Gasteiger partial charge on any atom is 0.231 e. The zero-order chi connectivity index (χ0) is 13.4. The topological polar surface area (TPSA) is 56.3 Å². The van der Waals surface area contributed by atoms with Gasteiger partial charge in [0.2, 0.25) is 6.79 Å². The van der Waals surface area contributed by atoms with Crippen molar-refractivity contribution in [1.29, 1.82) is 0 Å². The van der Waals surface area contributed by atoms with Crippen LogP contribution in [0.4, 0.5) is 5.82 Å². The molecule has 1 N–H and O–H groups in total. The van der Waals surface area contributed by atoms with Crippen molar-refractivity contribution in [3.8, 4) is 22.9 Å². The predicted molar refractivity (Wildman–Crippen MR) is 80.9 cm³/mol. The molecule has 19 heavy (non-hydrogen) atoms. The highest BCUT2D eigenvalue weighted by Gasteiger charge is 2.19. The average molecular weight is 390 g/mol. The van der Waals surface area contributed by atoms with E-state index in [9.17, 15) is 0 Å². The molecule has 1 aliphatic heterocycles. The number of benzene rings is 1. The molecule has 3 rings (SSSR count). The molecule has 0 radical (unpaired) electrons. The van der Waals surface area contributed by atoms with E-state index in [-0.39, 0.29) is 6.79 Å². The van der Waals surface area contributed by atoms with Crippen molar-refractivity contribution in [3.63, 3.8) is 0 Å². The molecule has 1 aliphatic rings. The Morgan fingerprint density at radius 1 is 1.37 bits per heavy atom. The van der Waals surface area contributed by atoms with Crippen molar-refractivity contribution in [3.05, 3.63) is 26.9 Å². The van der Waals surface area contributed by atoms with Crippen LogP contribution in [0.3, 0.4) is 0 Å². The van der Waals surface area contributed by atoms with Crippen molar-refractivity contribution in [2.24, 2.45) is 0 Å². The third kappa shape index (κ3) is 2.30. The van der Waals surface area contributed by atoms with E-state index in [4.69, 9.17) is 21.1 Å². The molecule has 7 heteroatoms. The SMILES string of the molecule is CNc1nc(-c2cc(Cl)c3c(c2)OCO3)ncc1I. The lowest BCUT2D eigenvalue weighted by molar-refractivity contribution is 0.174. The molecule has 5 nitrogen and oxygen atoms in total. The molecule has 98 valence electrons. The van der Waals surface area contributed by atoms with Gasteiger partial charge in [0.25, 0.3) is 0 Å². The number of fused-ring (bicyclic) bond motifs is 1. The summed E-state index contributed by atoms with van der Waals surface area (Å²) in [4.78, 5) is 8.75. The number of aromatic nitrogens is 2. The molecule has 1 aromatic heterocycles. The number of ether oxygens (including phenoxy) is 2. The van der Waals surface area contributed by atoms with Crippen LogP contribution in [0.2, 0.25) is 5.02 Å². The Labute approximate surface area is 128 Å². The monoisotopic (exact) mass is 389 g/mol. The smallest absolute Gasteiger partial charge is 0.231 e. The van der Waals surface area contributed by atoms with Gasteiger partial charge in [-0.3, -0.25) is 0 Å². The molecule has 0 atom stereocenters. The summed E-state index contributed by atoms with van der Waals surface area (Å²) in [5, 5.41) is 3.52. The quantitative estimate of drug-likeness (QED) is 0.800. The minimum atomic E-state index is 0.188. The zero-order valence-electron chi connectivity index (χ0n) is 9.91. The van der Waals surface area contributed by atoms with Crippen LogP contribution >= 0.6 is 34.2 Å². The predicted octanol–water partition coefficient (Wildman–Crippen LogP) is 3.17. The summed E-state index contributed by atoms with van der Waals surface area (Å²) in [5.74, 6) is 2.56. The fraction of sp³-hybridized carbons (Fsp3) is 0.167. The van der Waals surface area contributed by atoms with Gasteiger partial charge in [-0.25, -0.2) is 9.97 Å². The first-order valence-corrected chi connectivity index (χ1v) is 6.94. The van der Waals surface area contributed by atoms with E-state index < -0.39 is 0 Å². The maximum absolute atomic E-state index is 6.15. The van der Waals surface area contributed by atoms with Gasteiger partial charge in [-0.15, -0.1) is 0 Å². The number of nitrogens with one attached hydrogen (secondary N) is 1. The fourth-order valence-corrected chi connectivity index (χ4v) is 2.57. The van der Waals surface area contributed by atoms with Crippen LogP contribution in [-0.4, -0.2) is 23.8 Å². The second-order valence-corrected chi connectivity index (χ2v) is 5.40. The highest BCUT2D eigenvalue weighted by molar-refractivity contribution is 14.1. The minimum Gasteiger partial charge on any atom is -0.454 e. The molecule has 0 saturated heterocycles. The Morgan fingerprint density at radius 2 is 2.21 bits per heavy atom. The van der Waals surface area contributed by atoms with Gasteiger partial charge in [0, 0.05) is 18.8 Å². The Balaban J connectivity index is 2.10. The Hall–Kier alpha value is -1.28. The first kappa shape index (κ1) is 12.7. The third-order valence-electron chi connectivity index (χ3n) is 2.67. The summed E-state index contributed by atoms with van der Waals surface area (Å²) < 4.78 is 11.6. The second-order valence-electron chi connectivity index (χ2n) is 3.83. The Bertz CT molecular complexity index is 651. The highest BCUT2D eigenvalue weighted by atomic mass is 127. The average Bonchev–Trinajstić information content (AvgIpc) is 2.88. The van der Waals surface area contributed by atoms with E-state index in [1.165, 1.54) is 0 Å². The minimum absolute atomic E-state index is 0.188. The number of halogens is 2. The molecule has 0 bridgehead atoms. The van der Waals surface area contributed by atoms with Crippen molar-refractivity contribution in [2.75, 3.05) is 19.2 Å².